The van der Waals surface area contributed by atoms with Crippen molar-refractivity contribution >= 4 is 5.97 Å². The summed E-state index contributed by atoms with van der Waals surface area (Å²) < 4.78 is 1.77. The van der Waals surface area contributed by atoms with Crippen LogP contribution < -0.4 is 0 Å². The topological polar surface area (TPSA) is 42.2 Å². The van der Waals surface area contributed by atoms with E-state index in [4.69, 9.17) is 5.11 Å². The van der Waals surface area contributed by atoms with Crippen LogP contribution in [0.1, 0.15) is 12.8 Å². The second-order valence-electron chi connectivity index (χ2n) is 2.93. The Labute approximate surface area is 64.3 Å². The highest BCUT2D eigenvalue weighted by Gasteiger charge is 2.51. The van der Waals surface area contributed by atoms with Gasteiger partial charge in [0, 0.05) is 12.4 Å². The first-order valence-corrected chi connectivity index (χ1v) is 3.62. The van der Waals surface area contributed by atoms with Crippen molar-refractivity contribution < 1.29 is 9.90 Å². The van der Waals surface area contributed by atoms with Crippen molar-refractivity contribution in [2.24, 2.45) is 0 Å². The number of nitrogens with zero attached hydrogens (tertiary/aromatic N) is 1. The summed E-state index contributed by atoms with van der Waals surface area (Å²) in [5.41, 5.74) is -0.594. The van der Waals surface area contributed by atoms with Crippen LogP contribution in [0.4, 0.5) is 0 Å². The van der Waals surface area contributed by atoms with Gasteiger partial charge >= 0.3 is 5.97 Å². The summed E-state index contributed by atoms with van der Waals surface area (Å²) in [7, 11) is 0. The third-order valence-electron chi connectivity index (χ3n) is 2.22. The third-order valence-corrected chi connectivity index (χ3v) is 2.22. The lowest BCUT2D eigenvalue weighted by Crippen LogP contribution is -2.25. The van der Waals surface area contributed by atoms with Crippen molar-refractivity contribution in [1.82, 2.24) is 4.57 Å². The van der Waals surface area contributed by atoms with Crippen LogP contribution in [0, 0.1) is 0 Å². The second kappa shape index (κ2) is 1.87. The molecular weight excluding hydrogens is 142 g/mol. The molecule has 0 bridgehead atoms. The Morgan fingerprint density at radius 1 is 1.36 bits per heavy atom. The Balaban J connectivity index is 2.36. The molecule has 1 aromatic rings. The van der Waals surface area contributed by atoms with E-state index in [9.17, 15) is 4.79 Å². The van der Waals surface area contributed by atoms with Crippen molar-refractivity contribution in [3.05, 3.63) is 24.5 Å². The minimum atomic E-state index is -0.714. The van der Waals surface area contributed by atoms with E-state index in [1.54, 1.807) is 17.0 Å². The van der Waals surface area contributed by atoms with E-state index in [0.29, 0.717) is 0 Å². The smallest absolute Gasteiger partial charge is 0.329 e. The summed E-state index contributed by atoms with van der Waals surface area (Å²) in [5.74, 6) is -0.714. The number of aliphatic carboxylic acids is 1. The van der Waals surface area contributed by atoms with Gasteiger partial charge in [-0.3, -0.25) is 0 Å². The zero-order chi connectivity index (χ0) is 7.90. The van der Waals surface area contributed by atoms with Crippen LogP contribution in [-0.4, -0.2) is 15.6 Å². The molecule has 1 aliphatic rings. The van der Waals surface area contributed by atoms with E-state index in [1.807, 2.05) is 12.1 Å². The minimum Gasteiger partial charge on any atom is -0.479 e. The van der Waals surface area contributed by atoms with Crippen LogP contribution in [0.2, 0.25) is 0 Å². The molecule has 1 aliphatic carbocycles. The second-order valence-corrected chi connectivity index (χ2v) is 2.93. The zero-order valence-corrected chi connectivity index (χ0v) is 6.03. The number of hydrogen-bond donors (Lipinski definition) is 1. The molecule has 0 saturated heterocycles. The van der Waals surface area contributed by atoms with E-state index >= 15 is 0 Å². The number of carboxylic acids is 1. The van der Waals surface area contributed by atoms with Gasteiger partial charge < -0.3 is 9.67 Å². The summed E-state index contributed by atoms with van der Waals surface area (Å²) in [5, 5.41) is 8.85. The molecule has 0 radical (unpaired) electrons. The minimum absolute atomic E-state index is 0.594. The van der Waals surface area contributed by atoms with Gasteiger partial charge in [-0.2, -0.15) is 0 Å². The van der Waals surface area contributed by atoms with Gasteiger partial charge in [-0.25, -0.2) is 4.79 Å². The number of rotatable bonds is 2. The molecule has 0 amide bonds. The van der Waals surface area contributed by atoms with Gasteiger partial charge in [-0.1, -0.05) is 0 Å². The molecular formula is C8H9NO2. The first kappa shape index (κ1) is 6.46. The van der Waals surface area contributed by atoms with Crippen LogP contribution >= 0.6 is 0 Å². The monoisotopic (exact) mass is 151 g/mol. The van der Waals surface area contributed by atoms with E-state index in [0.717, 1.165) is 12.8 Å². The van der Waals surface area contributed by atoms with Gasteiger partial charge in [0.05, 0.1) is 0 Å². The van der Waals surface area contributed by atoms with Gasteiger partial charge in [-0.05, 0) is 25.0 Å². The first-order valence-electron chi connectivity index (χ1n) is 3.62. The number of aromatic nitrogens is 1. The SMILES string of the molecule is O=C(O)C1(n2cccc2)CC1. The molecule has 0 unspecified atom stereocenters. The molecule has 0 spiro atoms. The van der Waals surface area contributed by atoms with Crippen LogP contribution in [-0.2, 0) is 10.3 Å². The Morgan fingerprint density at radius 2 is 1.91 bits per heavy atom. The maximum atomic E-state index is 10.8. The Morgan fingerprint density at radius 3 is 2.27 bits per heavy atom. The van der Waals surface area contributed by atoms with Crippen molar-refractivity contribution in [3.63, 3.8) is 0 Å². The predicted octanol–water partition coefficient (Wildman–Crippen LogP) is 1.06. The Hall–Kier alpha value is -1.25. The molecule has 58 valence electrons. The van der Waals surface area contributed by atoms with Crippen LogP contribution in [0.5, 0.6) is 0 Å². The zero-order valence-electron chi connectivity index (χ0n) is 6.03. The van der Waals surface area contributed by atoms with E-state index < -0.39 is 11.5 Å². The average molecular weight is 151 g/mol. The molecule has 1 heterocycles. The lowest BCUT2D eigenvalue weighted by Gasteiger charge is -2.10. The standard InChI is InChI=1S/C8H9NO2/c10-7(11)8(3-4-8)9-5-1-2-6-9/h1-2,5-6H,3-4H2,(H,10,11). The summed E-state index contributed by atoms with van der Waals surface area (Å²) in [6, 6.07) is 3.70. The van der Waals surface area contributed by atoms with Crippen molar-refractivity contribution in [2.75, 3.05) is 0 Å². The van der Waals surface area contributed by atoms with Gasteiger partial charge in [0.25, 0.3) is 0 Å². The predicted molar refractivity (Wildman–Crippen MR) is 39.3 cm³/mol. The summed E-state index contributed by atoms with van der Waals surface area (Å²) in [6.45, 7) is 0. The van der Waals surface area contributed by atoms with Crippen molar-refractivity contribution in [2.45, 2.75) is 18.4 Å². The largest absolute Gasteiger partial charge is 0.479 e. The molecule has 1 saturated carbocycles. The number of carbonyl (C=O) groups is 1. The lowest BCUT2D eigenvalue weighted by atomic mass is 10.3. The normalized spacial score (nSPS) is 19.6. The lowest BCUT2D eigenvalue weighted by molar-refractivity contribution is -0.142. The highest BCUT2D eigenvalue weighted by atomic mass is 16.4. The highest BCUT2D eigenvalue weighted by Crippen LogP contribution is 2.43. The third kappa shape index (κ3) is 0.770. The fourth-order valence-electron chi connectivity index (χ4n) is 1.32. The quantitative estimate of drug-likeness (QED) is 0.686. The van der Waals surface area contributed by atoms with Gasteiger partial charge in [0.1, 0.15) is 5.54 Å². The molecule has 0 aliphatic heterocycles. The average Bonchev–Trinajstić information content (AvgIpc) is 2.61. The first-order chi connectivity index (χ1) is 5.26. The molecule has 1 N–H and O–H groups in total. The van der Waals surface area contributed by atoms with E-state index in [2.05, 4.69) is 0 Å². The maximum Gasteiger partial charge on any atom is 0.329 e. The molecule has 3 heteroatoms. The fraction of sp³-hybridized carbons (Fsp3) is 0.375. The van der Waals surface area contributed by atoms with Crippen molar-refractivity contribution in [3.8, 4) is 0 Å². The Bertz CT molecular complexity index is 272. The molecule has 0 aromatic carbocycles. The molecule has 1 fully saturated rings. The summed E-state index contributed by atoms with van der Waals surface area (Å²) in [4.78, 5) is 10.8. The van der Waals surface area contributed by atoms with Crippen LogP contribution in [0.25, 0.3) is 0 Å². The number of carboxylic acid groups (broad SMARTS) is 1. The van der Waals surface area contributed by atoms with Gasteiger partial charge in [0.2, 0.25) is 0 Å². The highest BCUT2D eigenvalue weighted by molar-refractivity contribution is 5.80. The fourth-order valence-corrected chi connectivity index (χ4v) is 1.32. The number of hydrogen-bond acceptors (Lipinski definition) is 1. The molecule has 1 aromatic heterocycles. The van der Waals surface area contributed by atoms with Crippen LogP contribution in [0.3, 0.4) is 0 Å². The maximum absolute atomic E-state index is 10.8. The van der Waals surface area contributed by atoms with Crippen LogP contribution in [0.15, 0.2) is 24.5 Å². The van der Waals surface area contributed by atoms with Gasteiger partial charge in [0.15, 0.2) is 0 Å². The molecule has 0 atom stereocenters. The molecule has 3 nitrogen and oxygen atoms in total. The van der Waals surface area contributed by atoms with E-state index in [-0.39, 0.29) is 0 Å². The molecule has 11 heavy (non-hydrogen) atoms. The van der Waals surface area contributed by atoms with E-state index in [1.165, 1.54) is 0 Å². The Kier molecular flexibility index (Phi) is 1.10. The van der Waals surface area contributed by atoms with Crippen molar-refractivity contribution in [1.29, 1.82) is 0 Å². The van der Waals surface area contributed by atoms with Gasteiger partial charge in [-0.15, -0.1) is 0 Å². The summed E-state index contributed by atoms with van der Waals surface area (Å²) >= 11 is 0. The molecule has 2 rings (SSSR count). The summed E-state index contributed by atoms with van der Waals surface area (Å²) in [6.07, 6.45) is 5.14.